The maximum atomic E-state index is 5.97. The fourth-order valence-electron chi connectivity index (χ4n) is 1.90. The van der Waals surface area contributed by atoms with E-state index in [1.54, 1.807) is 11.3 Å². The van der Waals surface area contributed by atoms with E-state index in [9.17, 15) is 0 Å². The van der Waals surface area contributed by atoms with E-state index >= 15 is 0 Å². The van der Waals surface area contributed by atoms with Gasteiger partial charge in [0.15, 0.2) is 0 Å². The molecule has 0 aliphatic rings. The van der Waals surface area contributed by atoms with E-state index in [0.29, 0.717) is 6.04 Å². The largest absolute Gasteiger partial charge is 0.494 e. The number of halogens is 1. The molecule has 0 fully saturated rings. The summed E-state index contributed by atoms with van der Waals surface area (Å²) >= 11 is 7.59. The summed E-state index contributed by atoms with van der Waals surface area (Å²) in [6, 6.07) is 12.6. The summed E-state index contributed by atoms with van der Waals surface area (Å²) in [4.78, 5) is 1.26. The van der Waals surface area contributed by atoms with E-state index in [1.807, 2.05) is 18.2 Å². The van der Waals surface area contributed by atoms with E-state index in [2.05, 4.69) is 37.4 Å². The smallest absolute Gasteiger partial charge is 0.119 e. The van der Waals surface area contributed by atoms with Crippen molar-refractivity contribution < 1.29 is 4.74 Å². The molecule has 0 saturated heterocycles. The molecule has 0 spiro atoms. The number of benzene rings is 1. The molecule has 2 nitrogen and oxygen atoms in total. The van der Waals surface area contributed by atoms with Crippen LogP contribution in [0.2, 0.25) is 4.34 Å². The fourth-order valence-corrected chi connectivity index (χ4v) is 2.99. The summed E-state index contributed by atoms with van der Waals surface area (Å²) in [5, 5.41) is 3.51. The molecule has 1 aromatic carbocycles. The van der Waals surface area contributed by atoms with Gasteiger partial charge in [0.1, 0.15) is 5.75 Å². The van der Waals surface area contributed by atoms with Crippen LogP contribution in [0, 0.1) is 0 Å². The first kappa shape index (κ1) is 15.4. The van der Waals surface area contributed by atoms with Gasteiger partial charge in [-0.15, -0.1) is 11.3 Å². The predicted octanol–water partition coefficient (Wildman–Crippen LogP) is 5.04. The first-order valence-electron chi connectivity index (χ1n) is 6.89. The molecule has 108 valence electrons. The van der Waals surface area contributed by atoms with Gasteiger partial charge in [-0.05, 0) is 43.2 Å². The van der Waals surface area contributed by atoms with Crippen LogP contribution in [-0.4, -0.2) is 6.61 Å². The Kier molecular flexibility index (Phi) is 5.89. The van der Waals surface area contributed by atoms with E-state index in [1.165, 1.54) is 10.4 Å². The highest BCUT2D eigenvalue weighted by molar-refractivity contribution is 7.16. The van der Waals surface area contributed by atoms with Gasteiger partial charge >= 0.3 is 0 Å². The molecule has 20 heavy (non-hydrogen) atoms. The molecule has 2 rings (SSSR count). The molecule has 0 saturated carbocycles. The van der Waals surface area contributed by atoms with E-state index in [4.69, 9.17) is 16.3 Å². The highest BCUT2D eigenvalue weighted by Gasteiger charge is 2.07. The van der Waals surface area contributed by atoms with Crippen molar-refractivity contribution in [1.82, 2.24) is 5.32 Å². The molecule has 1 aromatic heterocycles. The predicted molar refractivity (Wildman–Crippen MR) is 86.8 cm³/mol. The molecule has 0 radical (unpaired) electrons. The van der Waals surface area contributed by atoms with Gasteiger partial charge in [0.05, 0.1) is 10.9 Å². The molecule has 0 bridgehead atoms. The van der Waals surface area contributed by atoms with Crippen molar-refractivity contribution in [3.63, 3.8) is 0 Å². The lowest BCUT2D eigenvalue weighted by atomic mass is 10.2. The summed E-state index contributed by atoms with van der Waals surface area (Å²) in [6.45, 7) is 5.85. The Morgan fingerprint density at radius 2 is 2.15 bits per heavy atom. The zero-order valence-corrected chi connectivity index (χ0v) is 13.4. The van der Waals surface area contributed by atoms with Crippen molar-refractivity contribution in [3.8, 4) is 5.75 Å². The van der Waals surface area contributed by atoms with Crippen molar-refractivity contribution in [3.05, 3.63) is 51.2 Å². The number of rotatable bonds is 7. The number of ether oxygens (including phenoxy) is 1. The molecule has 1 unspecified atom stereocenters. The maximum absolute atomic E-state index is 5.97. The molecular weight excluding hydrogens is 290 g/mol. The molecule has 0 amide bonds. The van der Waals surface area contributed by atoms with Crippen molar-refractivity contribution in [2.75, 3.05) is 6.61 Å². The molecular formula is C16H20ClNOS. The molecule has 0 aliphatic carbocycles. The molecule has 1 atom stereocenters. The van der Waals surface area contributed by atoms with E-state index in [0.717, 1.165) is 29.7 Å². The van der Waals surface area contributed by atoms with Crippen molar-refractivity contribution in [2.24, 2.45) is 0 Å². The van der Waals surface area contributed by atoms with Crippen LogP contribution in [0.25, 0.3) is 0 Å². The normalized spacial score (nSPS) is 12.3. The number of nitrogens with one attached hydrogen (secondary N) is 1. The number of thiophene rings is 1. The van der Waals surface area contributed by atoms with E-state index < -0.39 is 0 Å². The van der Waals surface area contributed by atoms with Crippen LogP contribution < -0.4 is 10.1 Å². The molecule has 1 heterocycles. The summed E-state index contributed by atoms with van der Waals surface area (Å²) in [5.41, 5.74) is 1.23. The maximum Gasteiger partial charge on any atom is 0.119 e. The average molecular weight is 310 g/mol. The first-order chi connectivity index (χ1) is 9.69. The summed E-state index contributed by atoms with van der Waals surface area (Å²) in [7, 11) is 0. The lowest BCUT2D eigenvalue weighted by Gasteiger charge is -2.13. The summed E-state index contributed by atoms with van der Waals surface area (Å²) in [6.07, 6.45) is 1.03. The molecule has 0 aliphatic heterocycles. The standard InChI is InChI=1S/C16H20ClNOS/c1-3-9-19-14-6-4-5-13(10-14)11-18-12(2)15-7-8-16(17)20-15/h4-8,10,12,18H,3,9,11H2,1-2H3. The zero-order valence-electron chi connectivity index (χ0n) is 11.9. The Morgan fingerprint density at radius 3 is 2.85 bits per heavy atom. The van der Waals surface area contributed by atoms with Gasteiger partial charge < -0.3 is 10.1 Å². The average Bonchev–Trinajstić information content (AvgIpc) is 2.90. The van der Waals surface area contributed by atoms with Gasteiger partial charge in [-0.25, -0.2) is 0 Å². The lowest BCUT2D eigenvalue weighted by molar-refractivity contribution is 0.317. The Hall–Kier alpha value is -1.03. The number of hydrogen-bond acceptors (Lipinski definition) is 3. The Balaban J connectivity index is 1.90. The minimum atomic E-state index is 0.299. The van der Waals surface area contributed by atoms with Gasteiger partial charge in [-0.2, -0.15) is 0 Å². The van der Waals surface area contributed by atoms with Crippen LogP contribution in [0.4, 0.5) is 0 Å². The highest BCUT2D eigenvalue weighted by Crippen LogP contribution is 2.26. The van der Waals surface area contributed by atoms with Gasteiger partial charge in [-0.3, -0.25) is 0 Å². The second kappa shape index (κ2) is 7.67. The minimum absolute atomic E-state index is 0.299. The van der Waals surface area contributed by atoms with Gasteiger partial charge in [0.25, 0.3) is 0 Å². The quantitative estimate of drug-likeness (QED) is 0.773. The van der Waals surface area contributed by atoms with Crippen LogP contribution in [0.5, 0.6) is 5.75 Å². The van der Waals surface area contributed by atoms with E-state index in [-0.39, 0.29) is 0 Å². The first-order valence-corrected chi connectivity index (χ1v) is 8.09. The molecule has 2 aromatic rings. The molecule has 1 N–H and O–H groups in total. The van der Waals surface area contributed by atoms with Gasteiger partial charge in [0, 0.05) is 17.5 Å². The van der Waals surface area contributed by atoms with Crippen LogP contribution in [0.1, 0.15) is 36.8 Å². The molecule has 4 heteroatoms. The fraction of sp³-hybridized carbons (Fsp3) is 0.375. The minimum Gasteiger partial charge on any atom is -0.494 e. The highest BCUT2D eigenvalue weighted by atomic mass is 35.5. The van der Waals surface area contributed by atoms with Gasteiger partial charge in [0.2, 0.25) is 0 Å². The second-order valence-corrected chi connectivity index (χ2v) is 6.49. The Bertz CT molecular complexity index is 541. The third-order valence-electron chi connectivity index (χ3n) is 3.00. The third-order valence-corrected chi connectivity index (χ3v) is 4.42. The Morgan fingerprint density at radius 1 is 1.30 bits per heavy atom. The van der Waals surface area contributed by atoms with Crippen LogP contribution >= 0.6 is 22.9 Å². The lowest BCUT2D eigenvalue weighted by Crippen LogP contribution is -2.17. The van der Waals surface area contributed by atoms with Crippen molar-refractivity contribution >= 4 is 22.9 Å². The number of hydrogen-bond donors (Lipinski definition) is 1. The van der Waals surface area contributed by atoms with Crippen LogP contribution in [0.15, 0.2) is 36.4 Å². The SMILES string of the molecule is CCCOc1cccc(CNC(C)c2ccc(Cl)s2)c1. The zero-order chi connectivity index (χ0) is 14.4. The summed E-state index contributed by atoms with van der Waals surface area (Å²) < 4.78 is 6.48. The van der Waals surface area contributed by atoms with Crippen molar-refractivity contribution in [1.29, 1.82) is 0 Å². The van der Waals surface area contributed by atoms with Gasteiger partial charge in [-0.1, -0.05) is 30.7 Å². The van der Waals surface area contributed by atoms with Crippen LogP contribution in [0.3, 0.4) is 0 Å². The van der Waals surface area contributed by atoms with Crippen LogP contribution in [-0.2, 0) is 6.54 Å². The Labute approximate surface area is 129 Å². The summed E-state index contributed by atoms with van der Waals surface area (Å²) in [5.74, 6) is 0.943. The monoisotopic (exact) mass is 309 g/mol. The second-order valence-electron chi connectivity index (χ2n) is 4.74. The van der Waals surface area contributed by atoms with Crippen molar-refractivity contribution in [2.45, 2.75) is 32.9 Å². The third kappa shape index (κ3) is 4.51. The topological polar surface area (TPSA) is 21.3 Å².